The topological polar surface area (TPSA) is 43.1 Å². The molecule has 3 atom stereocenters. The molecule has 3 heteroatoms. The Morgan fingerprint density at radius 2 is 1.88 bits per heavy atom. The fourth-order valence-electron chi connectivity index (χ4n) is 2.45. The highest BCUT2D eigenvalue weighted by Gasteiger charge is 2.42. The molecular weight excluding hydrogens is 230 g/mol. The minimum Gasteiger partial charge on any atom is -0.326 e. The Morgan fingerprint density at radius 3 is 2.35 bits per heavy atom. The van der Waals surface area contributed by atoms with E-state index in [0.717, 1.165) is 17.7 Å². The Labute approximate surface area is 106 Å². The minimum atomic E-state index is -0.969. The fourth-order valence-corrected chi connectivity index (χ4v) is 4.17. The van der Waals surface area contributed by atoms with Crippen LogP contribution in [0.5, 0.6) is 0 Å². The Morgan fingerprint density at radius 1 is 1.29 bits per heavy atom. The van der Waals surface area contributed by atoms with E-state index in [4.69, 9.17) is 5.73 Å². The number of aryl methyl sites for hydroxylation is 1. The van der Waals surface area contributed by atoms with Gasteiger partial charge in [-0.1, -0.05) is 31.5 Å². The fraction of sp³-hybridized carbons (Fsp3) is 0.571. The second kappa shape index (κ2) is 4.54. The van der Waals surface area contributed by atoms with Crippen molar-refractivity contribution < 1.29 is 4.21 Å². The predicted octanol–water partition coefficient (Wildman–Crippen LogP) is 2.62. The van der Waals surface area contributed by atoms with Gasteiger partial charge >= 0.3 is 0 Å². The molecule has 0 spiro atoms. The zero-order chi connectivity index (χ0) is 12.6. The molecule has 1 aromatic rings. The van der Waals surface area contributed by atoms with Crippen molar-refractivity contribution >= 4 is 10.8 Å². The lowest BCUT2D eigenvalue weighted by molar-refractivity contribution is 0.334. The summed E-state index contributed by atoms with van der Waals surface area (Å²) in [6, 6.07) is 7.98. The molecule has 2 N–H and O–H groups in total. The minimum absolute atomic E-state index is 0.0321. The molecule has 0 radical (unpaired) electrons. The van der Waals surface area contributed by atoms with Crippen molar-refractivity contribution in [1.29, 1.82) is 0 Å². The van der Waals surface area contributed by atoms with Crippen molar-refractivity contribution in [3.05, 3.63) is 29.8 Å². The predicted molar refractivity (Wildman–Crippen MR) is 72.4 cm³/mol. The van der Waals surface area contributed by atoms with Crippen LogP contribution in [0.3, 0.4) is 0 Å². The van der Waals surface area contributed by atoms with Gasteiger partial charge in [-0.05, 0) is 37.3 Å². The molecule has 0 amide bonds. The Bertz CT molecular complexity index is 424. The van der Waals surface area contributed by atoms with E-state index in [1.807, 2.05) is 31.2 Å². The van der Waals surface area contributed by atoms with Gasteiger partial charge in [-0.3, -0.25) is 4.21 Å². The van der Waals surface area contributed by atoms with Crippen molar-refractivity contribution in [2.24, 2.45) is 11.1 Å². The van der Waals surface area contributed by atoms with E-state index in [1.54, 1.807) is 0 Å². The smallest absolute Gasteiger partial charge is 0.0576 e. The number of hydrogen-bond donors (Lipinski definition) is 1. The third-order valence-electron chi connectivity index (χ3n) is 3.90. The largest absolute Gasteiger partial charge is 0.326 e. The summed E-state index contributed by atoms with van der Waals surface area (Å²) in [6.45, 7) is 6.38. The van der Waals surface area contributed by atoms with Crippen molar-refractivity contribution in [3.63, 3.8) is 0 Å². The summed E-state index contributed by atoms with van der Waals surface area (Å²) in [4.78, 5) is 0.911. The molecule has 2 nitrogen and oxygen atoms in total. The SMILES string of the molecule is Cc1ccc(S(=O)C2CCC(C)(C)C2N)cc1. The van der Waals surface area contributed by atoms with Crippen LogP contribution < -0.4 is 5.73 Å². The van der Waals surface area contributed by atoms with Crippen LogP contribution in [-0.2, 0) is 10.8 Å². The first-order valence-corrected chi connectivity index (χ1v) is 7.36. The molecule has 0 bridgehead atoms. The third kappa shape index (κ3) is 2.45. The van der Waals surface area contributed by atoms with E-state index in [-0.39, 0.29) is 16.7 Å². The van der Waals surface area contributed by atoms with Crippen LogP contribution in [0.4, 0.5) is 0 Å². The van der Waals surface area contributed by atoms with Gasteiger partial charge in [0, 0.05) is 10.9 Å². The van der Waals surface area contributed by atoms with Crippen LogP contribution in [0.15, 0.2) is 29.2 Å². The summed E-state index contributed by atoms with van der Waals surface area (Å²) >= 11 is 0. The average Bonchev–Trinajstić information content (AvgIpc) is 2.55. The normalized spacial score (nSPS) is 29.2. The molecule has 0 saturated heterocycles. The number of nitrogens with two attached hydrogens (primary N) is 1. The molecule has 0 heterocycles. The van der Waals surface area contributed by atoms with E-state index in [2.05, 4.69) is 13.8 Å². The van der Waals surface area contributed by atoms with E-state index < -0.39 is 10.8 Å². The summed E-state index contributed by atoms with van der Waals surface area (Å²) in [7, 11) is -0.969. The highest BCUT2D eigenvalue weighted by molar-refractivity contribution is 7.85. The number of hydrogen-bond acceptors (Lipinski definition) is 2. The van der Waals surface area contributed by atoms with Crippen molar-refractivity contribution in [3.8, 4) is 0 Å². The second-order valence-electron chi connectivity index (χ2n) is 5.70. The molecule has 1 aliphatic carbocycles. The molecular formula is C14H21NOS. The molecule has 0 aliphatic heterocycles. The maximum absolute atomic E-state index is 12.5. The van der Waals surface area contributed by atoms with Crippen LogP contribution >= 0.6 is 0 Å². The lowest BCUT2D eigenvalue weighted by Crippen LogP contribution is -2.41. The van der Waals surface area contributed by atoms with Gasteiger partial charge in [-0.25, -0.2) is 0 Å². The maximum Gasteiger partial charge on any atom is 0.0576 e. The van der Waals surface area contributed by atoms with Gasteiger partial charge in [0.2, 0.25) is 0 Å². The Hall–Kier alpha value is -0.670. The van der Waals surface area contributed by atoms with Gasteiger partial charge in [-0.15, -0.1) is 0 Å². The van der Waals surface area contributed by atoms with Gasteiger partial charge in [-0.2, -0.15) is 0 Å². The molecule has 1 saturated carbocycles. The molecule has 1 aromatic carbocycles. The van der Waals surface area contributed by atoms with Crippen LogP contribution in [0.2, 0.25) is 0 Å². The van der Waals surface area contributed by atoms with Crippen molar-refractivity contribution in [1.82, 2.24) is 0 Å². The number of rotatable bonds is 2. The van der Waals surface area contributed by atoms with Crippen LogP contribution in [0.25, 0.3) is 0 Å². The molecule has 0 aromatic heterocycles. The summed E-state index contributed by atoms with van der Waals surface area (Å²) in [5.41, 5.74) is 7.54. The highest BCUT2D eigenvalue weighted by Crippen LogP contribution is 2.39. The third-order valence-corrected chi connectivity index (χ3v) is 5.72. The van der Waals surface area contributed by atoms with E-state index in [1.165, 1.54) is 5.56 Å². The van der Waals surface area contributed by atoms with Gasteiger partial charge in [0.05, 0.1) is 16.0 Å². The van der Waals surface area contributed by atoms with Crippen molar-refractivity contribution in [2.45, 2.75) is 49.8 Å². The molecule has 1 fully saturated rings. The summed E-state index contributed by atoms with van der Waals surface area (Å²) in [6.07, 6.45) is 2.03. The Balaban J connectivity index is 2.19. The van der Waals surface area contributed by atoms with Gasteiger partial charge in [0.1, 0.15) is 0 Å². The quantitative estimate of drug-likeness (QED) is 0.878. The van der Waals surface area contributed by atoms with Gasteiger partial charge < -0.3 is 5.73 Å². The summed E-state index contributed by atoms with van der Waals surface area (Å²) in [5.74, 6) is 0. The lowest BCUT2D eigenvalue weighted by atomic mass is 9.88. The average molecular weight is 251 g/mol. The molecule has 2 rings (SSSR count). The summed E-state index contributed by atoms with van der Waals surface area (Å²) < 4.78 is 12.5. The maximum atomic E-state index is 12.5. The van der Waals surface area contributed by atoms with E-state index >= 15 is 0 Å². The monoisotopic (exact) mass is 251 g/mol. The van der Waals surface area contributed by atoms with Crippen LogP contribution in [-0.4, -0.2) is 15.5 Å². The number of benzene rings is 1. The zero-order valence-corrected chi connectivity index (χ0v) is 11.6. The van der Waals surface area contributed by atoms with Gasteiger partial charge in [0.25, 0.3) is 0 Å². The molecule has 17 heavy (non-hydrogen) atoms. The zero-order valence-electron chi connectivity index (χ0n) is 10.8. The molecule has 1 aliphatic rings. The first-order valence-electron chi connectivity index (χ1n) is 6.15. The van der Waals surface area contributed by atoms with Gasteiger partial charge in [0.15, 0.2) is 0 Å². The summed E-state index contributed by atoms with van der Waals surface area (Å²) in [5, 5.41) is 0.104. The van der Waals surface area contributed by atoms with E-state index in [0.29, 0.717) is 0 Å². The molecule has 3 unspecified atom stereocenters. The highest BCUT2D eigenvalue weighted by atomic mass is 32.2. The second-order valence-corrected chi connectivity index (χ2v) is 7.37. The first kappa shape index (κ1) is 12.8. The standard InChI is InChI=1S/C14H21NOS/c1-10-4-6-11(7-5-10)17(16)12-8-9-14(2,3)13(12)15/h4-7,12-13H,8-9,15H2,1-3H3. The van der Waals surface area contributed by atoms with Crippen LogP contribution in [0.1, 0.15) is 32.3 Å². The van der Waals surface area contributed by atoms with Crippen molar-refractivity contribution in [2.75, 3.05) is 0 Å². The lowest BCUT2D eigenvalue weighted by Gasteiger charge is -2.26. The van der Waals surface area contributed by atoms with Crippen LogP contribution in [0, 0.1) is 12.3 Å². The first-order chi connectivity index (χ1) is 7.92. The molecule has 94 valence electrons. The van der Waals surface area contributed by atoms with E-state index in [9.17, 15) is 4.21 Å². The Kier molecular flexibility index (Phi) is 3.41.